The highest BCUT2D eigenvalue weighted by molar-refractivity contribution is 5.14. The zero-order chi connectivity index (χ0) is 14.7. The van der Waals surface area contributed by atoms with Gasteiger partial charge in [-0.15, -0.1) is 0 Å². The minimum absolute atomic E-state index is 0.416. The van der Waals surface area contributed by atoms with Crippen molar-refractivity contribution in [2.75, 3.05) is 26.2 Å². The maximum atomic E-state index is 6.14. The lowest BCUT2D eigenvalue weighted by atomic mass is 9.91. The summed E-state index contributed by atoms with van der Waals surface area (Å²) in [5.41, 5.74) is 7.58. The van der Waals surface area contributed by atoms with Crippen LogP contribution in [0.3, 0.4) is 0 Å². The van der Waals surface area contributed by atoms with Gasteiger partial charge in [0.15, 0.2) is 0 Å². The number of likely N-dealkylation sites (tertiary alicyclic amines) is 2. The molecule has 0 spiro atoms. The van der Waals surface area contributed by atoms with Crippen LogP contribution in [-0.2, 0) is 6.54 Å². The molecule has 2 heterocycles. The van der Waals surface area contributed by atoms with Crippen LogP contribution in [0.4, 0.5) is 0 Å². The molecule has 21 heavy (non-hydrogen) atoms. The SMILES string of the molecule is CC1CN(C2CCN(Cc3ccccc3)CC2)CCC1N. The van der Waals surface area contributed by atoms with E-state index in [4.69, 9.17) is 5.73 Å². The molecule has 2 N–H and O–H groups in total. The highest BCUT2D eigenvalue weighted by Crippen LogP contribution is 2.23. The smallest absolute Gasteiger partial charge is 0.0233 e. The highest BCUT2D eigenvalue weighted by atomic mass is 15.2. The molecule has 2 aliphatic rings. The first-order valence-electron chi connectivity index (χ1n) is 8.48. The van der Waals surface area contributed by atoms with Gasteiger partial charge in [0.2, 0.25) is 0 Å². The predicted molar refractivity (Wildman–Crippen MR) is 88.1 cm³/mol. The number of rotatable bonds is 3. The van der Waals surface area contributed by atoms with Crippen LogP contribution in [0.2, 0.25) is 0 Å². The fourth-order valence-corrected chi connectivity index (χ4v) is 3.81. The van der Waals surface area contributed by atoms with Gasteiger partial charge >= 0.3 is 0 Å². The largest absolute Gasteiger partial charge is 0.327 e. The average Bonchev–Trinajstić information content (AvgIpc) is 2.52. The minimum Gasteiger partial charge on any atom is -0.327 e. The molecule has 0 amide bonds. The van der Waals surface area contributed by atoms with Gasteiger partial charge in [-0.05, 0) is 50.4 Å². The lowest BCUT2D eigenvalue weighted by Crippen LogP contribution is -2.52. The first-order chi connectivity index (χ1) is 10.2. The van der Waals surface area contributed by atoms with E-state index in [1.807, 2.05) is 0 Å². The Morgan fingerprint density at radius 2 is 1.76 bits per heavy atom. The fourth-order valence-electron chi connectivity index (χ4n) is 3.81. The molecule has 2 saturated heterocycles. The van der Waals surface area contributed by atoms with Crippen LogP contribution < -0.4 is 5.73 Å². The Kier molecular flexibility index (Phi) is 4.94. The zero-order valence-corrected chi connectivity index (χ0v) is 13.2. The van der Waals surface area contributed by atoms with E-state index in [9.17, 15) is 0 Å². The number of benzene rings is 1. The van der Waals surface area contributed by atoms with Crippen LogP contribution in [0, 0.1) is 5.92 Å². The lowest BCUT2D eigenvalue weighted by molar-refractivity contribution is 0.0658. The Morgan fingerprint density at radius 3 is 2.43 bits per heavy atom. The third kappa shape index (κ3) is 3.85. The van der Waals surface area contributed by atoms with Gasteiger partial charge in [0, 0.05) is 25.2 Å². The molecule has 2 unspecified atom stereocenters. The number of nitrogens with zero attached hydrogens (tertiary/aromatic N) is 2. The summed E-state index contributed by atoms with van der Waals surface area (Å²) >= 11 is 0. The summed E-state index contributed by atoms with van der Waals surface area (Å²) in [7, 11) is 0. The molecule has 3 nitrogen and oxygen atoms in total. The molecule has 0 bridgehead atoms. The molecule has 1 aromatic rings. The van der Waals surface area contributed by atoms with Crippen molar-refractivity contribution < 1.29 is 0 Å². The molecule has 116 valence electrons. The molecule has 2 aliphatic heterocycles. The van der Waals surface area contributed by atoms with E-state index in [1.165, 1.54) is 51.0 Å². The quantitative estimate of drug-likeness (QED) is 0.926. The molecule has 3 rings (SSSR count). The molecule has 0 aromatic heterocycles. The van der Waals surface area contributed by atoms with Crippen LogP contribution in [-0.4, -0.2) is 48.1 Å². The monoisotopic (exact) mass is 287 g/mol. The van der Waals surface area contributed by atoms with Crippen LogP contribution in [0.1, 0.15) is 31.7 Å². The van der Waals surface area contributed by atoms with Gasteiger partial charge in [-0.25, -0.2) is 0 Å². The van der Waals surface area contributed by atoms with Gasteiger partial charge < -0.3 is 5.73 Å². The van der Waals surface area contributed by atoms with Crippen molar-refractivity contribution in [1.82, 2.24) is 9.80 Å². The predicted octanol–water partition coefficient (Wildman–Crippen LogP) is 2.32. The van der Waals surface area contributed by atoms with Gasteiger partial charge in [0.05, 0.1) is 0 Å². The summed E-state index contributed by atoms with van der Waals surface area (Å²) in [6.45, 7) is 8.28. The summed E-state index contributed by atoms with van der Waals surface area (Å²) in [6, 6.07) is 12.0. The molecule has 0 radical (unpaired) electrons. The molecule has 0 aliphatic carbocycles. The van der Waals surface area contributed by atoms with Crippen molar-refractivity contribution >= 4 is 0 Å². The Labute approximate surface area is 129 Å². The van der Waals surface area contributed by atoms with Crippen LogP contribution in [0.25, 0.3) is 0 Å². The normalized spacial score (nSPS) is 29.6. The molecular formula is C18H29N3. The van der Waals surface area contributed by atoms with Crippen LogP contribution in [0.5, 0.6) is 0 Å². The van der Waals surface area contributed by atoms with E-state index in [0.29, 0.717) is 12.0 Å². The lowest BCUT2D eigenvalue weighted by Gasteiger charge is -2.43. The Morgan fingerprint density at radius 1 is 1.05 bits per heavy atom. The second-order valence-electron chi connectivity index (χ2n) is 6.92. The third-order valence-corrected chi connectivity index (χ3v) is 5.33. The van der Waals surface area contributed by atoms with E-state index < -0.39 is 0 Å². The van der Waals surface area contributed by atoms with E-state index >= 15 is 0 Å². The molecule has 1 aromatic carbocycles. The van der Waals surface area contributed by atoms with Crippen molar-refractivity contribution in [2.45, 2.75) is 44.8 Å². The Balaban J connectivity index is 1.47. The number of hydrogen-bond acceptors (Lipinski definition) is 3. The summed E-state index contributed by atoms with van der Waals surface area (Å²) in [5, 5.41) is 0. The maximum Gasteiger partial charge on any atom is 0.0233 e. The summed E-state index contributed by atoms with van der Waals surface area (Å²) in [5.74, 6) is 0.654. The van der Waals surface area contributed by atoms with Crippen molar-refractivity contribution in [1.29, 1.82) is 0 Å². The van der Waals surface area contributed by atoms with Gasteiger partial charge in [-0.3, -0.25) is 9.80 Å². The minimum atomic E-state index is 0.416. The number of hydrogen-bond donors (Lipinski definition) is 1. The second-order valence-corrected chi connectivity index (χ2v) is 6.92. The zero-order valence-electron chi connectivity index (χ0n) is 13.2. The van der Waals surface area contributed by atoms with Gasteiger partial charge in [-0.1, -0.05) is 37.3 Å². The van der Waals surface area contributed by atoms with Crippen LogP contribution >= 0.6 is 0 Å². The Hall–Kier alpha value is -0.900. The standard InChI is InChI=1S/C18H29N3/c1-15-13-21(12-9-18(15)19)17-7-10-20(11-8-17)14-16-5-3-2-4-6-16/h2-6,15,17-18H,7-14,19H2,1H3. The third-order valence-electron chi connectivity index (χ3n) is 5.33. The van der Waals surface area contributed by atoms with E-state index in [1.54, 1.807) is 0 Å². The van der Waals surface area contributed by atoms with Gasteiger partial charge in [0.1, 0.15) is 0 Å². The summed E-state index contributed by atoms with van der Waals surface area (Å²) < 4.78 is 0. The average molecular weight is 287 g/mol. The Bertz CT molecular complexity index is 425. The summed E-state index contributed by atoms with van der Waals surface area (Å²) in [4.78, 5) is 5.30. The van der Waals surface area contributed by atoms with Crippen molar-refractivity contribution in [3.63, 3.8) is 0 Å². The number of piperidine rings is 2. The van der Waals surface area contributed by atoms with E-state index in [2.05, 4.69) is 47.1 Å². The summed E-state index contributed by atoms with van der Waals surface area (Å²) in [6.07, 6.45) is 3.80. The second kappa shape index (κ2) is 6.91. The van der Waals surface area contributed by atoms with E-state index in [0.717, 1.165) is 12.6 Å². The van der Waals surface area contributed by atoms with Crippen molar-refractivity contribution in [2.24, 2.45) is 11.7 Å². The van der Waals surface area contributed by atoms with Gasteiger partial charge in [0.25, 0.3) is 0 Å². The van der Waals surface area contributed by atoms with E-state index in [-0.39, 0.29) is 0 Å². The molecule has 3 heteroatoms. The number of nitrogens with two attached hydrogens (primary N) is 1. The van der Waals surface area contributed by atoms with Gasteiger partial charge in [-0.2, -0.15) is 0 Å². The van der Waals surface area contributed by atoms with Crippen LogP contribution in [0.15, 0.2) is 30.3 Å². The molecule has 0 saturated carbocycles. The van der Waals surface area contributed by atoms with Crippen molar-refractivity contribution in [3.8, 4) is 0 Å². The van der Waals surface area contributed by atoms with Crippen molar-refractivity contribution in [3.05, 3.63) is 35.9 Å². The first kappa shape index (κ1) is 15.0. The first-order valence-corrected chi connectivity index (χ1v) is 8.48. The topological polar surface area (TPSA) is 32.5 Å². The molecule has 2 fully saturated rings. The maximum absolute atomic E-state index is 6.14. The highest BCUT2D eigenvalue weighted by Gasteiger charge is 2.30. The molecule has 2 atom stereocenters. The molecular weight excluding hydrogens is 258 g/mol. The fraction of sp³-hybridized carbons (Fsp3) is 0.667.